The molecular weight excluding hydrogens is 306 g/mol. The van der Waals surface area contributed by atoms with Crippen molar-refractivity contribution in [2.24, 2.45) is 10.3 Å². The Bertz CT molecular complexity index is 740. The van der Waals surface area contributed by atoms with Crippen LogP contribution < -0.4 is 4.90 Å². The second-order valence-corrected chi connectivity index (χ2v) is 5.62. The van der Waals surface area contributed by atoms with Crippen LogP contribution in [-0.4, -0.2) is 47.2 Å². The van der Waals surface area contributed by atoms with Gasteiger partial charge in [0.05, 0.1) is 24.3 Å². The van der Waals surface area contributed by atoms with Crippen molar-refractivity contribution in [3.8, 4) is 0 Å². The van der Waals surface area contributed by atoms with E-state index in [2.05, 4.69) is 20.2 Å². The third-order valence-electron chi connectivity index (χ3n) is 3.96. The number of aromatic carboxylic acids is 1. The molecule has 0 spiro atoms. The molecule has 7 heteroatoms. The van der Waals surface area contributed by atoms with Crippen LogP contribution in [0.1, 0.15) is 15.9 Å². The van der Waals surface area contributed by atoms with Gasteiger partial charge in [0.15, 0.2) is 0 Å². The van der Waals surface area contributed by atoms with E-state index in [0.29, 0.717) is 11.3 Å². The molecule has 1 N–H and O–H groups in total. The topological polar surface area (TPSA) is 81.4 Å². The van der Waals surface area contributed by atoms with Gasteiger partial charge >= 0.3 is 5.97 Å². The van der Waals surface area contributed by atoms with Gasteiger partial charge in [-0.25, -0.2) is 9.78 Å². The van der Waals surface area contributed by atoms with Crippen molar-refractivity contribution in [3.63, 3.8) is 0 Å². The van der Waals surface area contributed by atoms with Gasteiger partial charge in [0.1, 0.15) is 5.82 Å². The molecule has 2 aromatic rings. The Morgan fingerprint density at radius 1 is 1.17 bits per heavy atom. The van der Waals surface area contributed by atoms with Gasteiger partial charge in [-0.1, -0.05) is 11.3 Å². The minimum absolute atomic E-state index is 0.290. The molecule has 1 saturated heterocycles. The Kier molecular flexibility index (Phi) is 4.69. The van der Waals surface area contributed by atoms with Gasteiger partial charge in [-0.3, -0.25) is 5.01 Å². The highest BCUT2D eigenvalue weighted by Gasteiger charge is 2.16. The number of carboxylic acid groups (broad SMARTS) is 1. The van der Waals surface area contributed by atoms with Crippen LogP contribution >= 0.6 is 0 Å². The molecule has 0 unspecified atom stereocenters. The molecule has 1 aliphatic rings. The standard InChI is InChI=1S/C17H19N5O2/c1-13-12-14(5-6-15(13)17(23)24)19-20-22-10-8-21(9-11-22)16-4-2-3-7-18-16/h2-7,12H,8-11H2,1H3,(H,23,24). The Hall–Kier alpha value is -2.96. The molecule has 0 saturated carbocycles. The second kappa shape index (κ2) is 7.08. The molecule has 1 aromatic carbocycles. The maximum absolute atomic E-state index is 11.0. The largest absolute Gasteiger partial charge is 0.478 e. The Morgan fingerprint density at radius 3 is 2.58 bits per heavy atom. The number of piperazine rings is 1. The first kappa shape index (κ1) is 15.9. The number of anilines is 1. The average Bonchev–Trinajstić information content (AvgIpc) is 2.61. The summed E-state index contributed by atoms with van der Waals surface area (Å²) in [6, 6.07) is 10.9. The van der Waals surface area contributed by atoms with Crippen molar-refractivity contribution in [3.05, 3.63) is 53.7 Å². The van der Waals surface area contributed by atoms with Crippen LogP contribution in [0.5, 0.6) is 0 Å². The first-order chi connectivity index (χ1) is 11.6. The first-order valence-electron chi connectivity index (χ1n) is 7.80. The van der Waals surface area contributed by atoms with Crippen LogP contribution in [0.25, 0.3) is 0 Å². The quantitative estimate of drug-likeness (QED) is 0.874. The average molecular weight is 325 g/mol. The highest BCUT2D eigenvalue weighted by atomic mass is 16.4. The van der Waals surface area contributed by atoms with Crippen LogP contribution in [0.3, 0.4) is 0 Å². The molecule has 1 aliphatic heterocycles. The summed E-state index contributed by atoms with van der Waals surface area (Å²) in [5, 5.41) is 19.4. The van der Waals surface area contributed by atoms with E-state index in [1.807, 2.05) is 23.2 Å². The van der Waals surface area contributed by atoms with E-state index < -0.39 is 5.97 Å². The summed E-state index contributed by atoms with van der Waals surface area (Å²) in [4.78, 5) is 17.6. The number of pyridine rings is 1. The number of aryl methyl sites for hydroxylation is 1. The lowest BCUT2D eigenvalue weighted by molar-refractivity contribution is 0.0696. The van der Waals surface area contributed by atoms with Gasteiger partial charge in [0.2, 0.25) is 0 Å². The van der Waals surface area contributed by atoms with Crippen molar-refractivity contribution in [2.45, 2.75) is 6.92 Å². The van der Waals surface area contributed by atoms with Crippen LogP contribution in [0, 0.1) is 6.92 Å². The molecule has 0 radical (unpaired) electrons. The summed E-state index contributed by atoms with van der Waals surface area (Å²) < 4.78 is 0. The lowest BCUT2D eigenvalue weighted by Gasteiger charge is -2.32. The van der Waals surface area contributed by atoms with E-state index in [1.165, 1.54) is 0 Å². The van der Waals surface area contributed by atoms with Crippen LogP contribution in [0.15, 0.2) is 52.9 Å². The molecule has 1 aromatic heterocycles. The highest BCUT2D eigenvalue weighted by Crippen LogP contribution is 2.19. The molecule has 0 bridgehead atoms. The monoisotopic (exact) mass is 325 g/mol. The summed E-state index contributed by atoms with van der Waals surface area (Å²) >= 11 is 0. The van der Waals surface area contributed by atoms with E-state index in [-0.39, 0.29) is 5.56 Å². The Balaban J connectivity index is 1.59. The molecule has 7 nitrogen and oxygen atoms in total. The third kappa shape index (κ3) is 3.68. The molecule has 1 fully saturated rings. The number of aromatic nitrogens is 1. The fraction of sp³-hybridized carbons (Fsp3) is 0.294. The van der Waals surface area contributed by atoms with Gasteiger partial charge in [-0.15, -0.1) is 5.11 Å². The molecular formula is C17H19N5O2. The van der Waals surface area contributed by atoms with E-state index >= 15 is 0 Å². The number of carboxylic acids is 1. The van der Waals surface area contributed by atoms with Gasteiger partial charge in [0.25, 0.3) is 0 Å². The number of hydrogen-bond acceptors (Lipinski definition) is 5. The third-order valence-corrected chi connectivity index (χ3v) is 3.96. The summed E-state index contributed by atoms with van der Waals surface area (Å²) in [5.41, 5.74) is 1.63. The van der Waals surface area contributed by atoms with E-state index in [0.717, 1.165) is 32.0 Å². The number of hydrogen-bond donors (Lipinski definition) is 1. The zero-order chi connectivity index (χ0) is 16.9. The highest BCUT2D eigenvalue weighted by molar-refractivity contribution is 5.89. The maximum atomic E-state index is 11.0. The Labute approximate surface area is 140 Å². The predicted octanol–water partition coefficient (Wildman–Crippen LogP) is 2.91. The second-order valence-electron chi connectivity index (χ2n) is 5.62. The normalized spacial score (nSPS) is 15.0. The number of nitrogens with zero attached hydrogens (tertiary/aromatic N) is 5. The molecule has 0 amide bonds. The van der Waals surface area contributed by atoms with Crippen molar-refractivity contribution < 1.29 is 9.90 Å². The van der Waals surface area contributed by atoms with Crippen molar-refractivity contribution in [2.75, 3.05) is 31.1 Å². The number of carbonyl (C=O) groups is 1. The minimum atomic E-state index is -0.929. The summed E-state index contributed by atoms with van der Waals surface area (Å²) in [5.74, 6) is 0.0515. The molecule has 24 heavy (non-hydrogen) atoms. The van der Waals surface area contributed by atoms with Crippen molar-refractivity contribution in [1.29, 1.82) is 0 Å². The number of benzene rings is 1. The lowest BCUT2D eigenvalue weighted by atomic mass is 10.1. The van der Waals surface area contributed by atoms with E-state index in [4.69, 9.17) is 5.11 Å². The van der Waals surface area contributed by atoms with E-state index in [1.54, 1.807) is 31.3 Å². The van der Waals surface area contributed by atoms with Crippen molar-refractivity contribution >= 4 is 17.5 Å². The minimum Gasteiger partial charge on any atom is -0.478 e. The molecule has 3 rings (SSSR count). The molecule has 124 valence electrons. The first-order valence-corrected chi connectivity index (χ1v) is 7.80. The van der Waals surface area contributed by atoms with Crippen LogP contribution in [0.2, 0.25) is 0 Å². The molecule has 2 heterocycles. The fourth-order valence-corrected chi connectivity index (χ4v) is 2.62. The predicted molar refractivity (Wildman–Crippen MR) is 90.7 cm³/mol. The van der Waals surface area contributed by atoms with E-state index in [9.17, 15) is 4.79 Å². The lowest BCUT2D eigenvalue weighted by Crippen LogP contribution is -2.44. The Morgan fingerprint density at radius 2 is 1.96 bits per heavy atom. The summed E-state index contributed by atoms with van der Waals surface area (Å²) in [7, 11) is 0. The summed E-state index contributed by atoms with van der Waals surface area (Å²) in [6.07, 6.45) is 1.80. The van der Waals surface area contributed by atoms with Gasteiger partial charge in [-0.05, 0) is 42.8 Å². The van der Waals surface area contributed by atoms with Crippen molar-refractivity contribution in [1.82, 2.24) is 9.99 Å². The van der Waals surface area contributed by atoms with Gasteiger partial charge in [-0.2, -0.15) is 0 Å². The van der Waals surface area contributed by atoms with Crippen LogP contribution in [-0.2, 0) is 0 Å². The fourth-order valence-electron chi connectivity index (χ4n) is 2.62. The number of rotatable bonds is 4. The molecule has 0 aliphatic carbocycles. The van der Waals surface area contributed by atoms with Gasteiger partial charge < -0.3 is 10.0 Å². The SMILES string of the molecule is Cc1cc(N=NN2CCN(c3ccccn3)CC2)ccc1C(=O)O. The molecule has 0 atom stereocenters. The summed E-state index contributed by atoms with van der Waals surface area (Å²) in [6.45, 7) is 4.98. The van der Waals surface area contributed by atoms with Crippen LogP contribution in [0.4, 0.5) is 11.5 Å². The zero-order valence-electron chi connectivity index (χ0n) is 13.5. The zero-order valence-corrected chi connectivity index (χ0v) is 13.5. The maximum Gasteiger partial charge on any atom is 0.335 e. The smallest absolute Gasteiger partial charge is 0.335 e. The van der Waals surface area contributed by atoms with Gasteiger partial charge in [0, 0.05) is 19.3 Å².